The second kappa shape index (κ2) is 4.72. The first-order valence-corrected chi connectivity index (χ1v) is 7.38. The van der Waals surface area contributed by atoms with Gasteiger partial charge in [0.1, 0.15) is 5.82 Å². The number of aromatic nitrogens is 1. The maximum atomic E-state index is 13.1. The molecule has 1 aliphatic rings. The van der Waals surface area contributed by atoms with Crippen molar-refractivity contribution in [3.63, 3.8) is 0 Å². The van der Waals surface area contributed by atoms with E-state index < -0.39 is 0 Å². The van der Waals surface area contributed by atoms with E-state index in [1.807, 2.05) is 0 Å². The summed E-state index contributed by atoms with van der Waals surface area (Å²) >= 11 is 1.59. The fourth-order valence-electron chi connectivity index (χ4n) is 2.58. The first kappa shape index (κ1) is 12.8. The van der Waals surface area contributed by atoms with E-state index in [9.17, 15) is 4.39 Å². The van der Waals surface area contributed by atoms with Crippen molar-refractivity contribution in [1.29, 1.82) is 0 Å². The first-order chi connectivity index (χ1) is 9.09. The van der Waals surface area contributed by atoms with E-state index in [2.05, 4.69) is 29.3 Å². The number of hydrogen-bond acceptors (Lipinski definition) is 4. The quantitative estimate of drug-likeness (QED) is 0.930. The molecular formula is C14H18FN3S. The molecule has 1 aromatic carbocycles. The molecule has 3 rings (SSSR count). The van der Waals surface area contributed by atoms with Gasteiger partial charge in [0.2, 0.25) is 0 Å². The molecule has 5 heteroatoms. The van der Waals surface area contributed by atoms with E-state index >= 15 is 0 Å². The maximum Gasteiger partial charge on any atom is 0.183 e. The minimum absolute atomic E-state index is 0.229. The summed E-state index contributed by atoms with van der Waals surface area (Å²) < 4.78 is 14.2. The highest BCUT2D eigenvalue weighted by Gasteiger charge is 2.38. The number of fused-ring (bicyclic) bond motifs is 1. The molecule has 0 aliphatic heterocycles. The van der Waals surface area contributed by atoms with Crippen LogP contribution in [-0.4, -0.2) is 36.1 Å². The zero-order chi connectivity index (χ0) is 13.5. The molecule has 1 saturated carbocycles. The highest BCUT2D eigenvalue weighted by molar-refractivity contribution is 7.22. The highest BCUT2D eigenvalue weighted by atomic mass is 32.1. The Morgan fingerprint density at radius 1 is 1.42 bits per heavy atom. The molecule has 1 heterocycles. The van der Waals surface area contributed by atoms with Crippen molar-refractivity contribution in [3.05, 3.63) is 24.0 Å². The zero-order valence-corrected chi connectivity index (χ0v) is 12.1. The van der Waals surface area contributed by atoms with Crippen LogP contribution in [0.4, 0.5) is 9.52 Å². The molecule has 0 atom stereocenters. The Balaban J connectivity index is 1.75. The summed E-state index contributed by atoms with van der Waals surface area (Å²) in [5.41, 5.74) is 1.00. The second-order valence-electron chi connectivity index (χ2n) is 5.46. The predicted octanol–water partition coefficient (Wildman–Crippen LogP) is 3.33. The number of thiazole rings is 1. The van der Waals surface area contributed by atoms with Crippen LogP contribution in [-0.2, 0) is 0 Å². The van der Waals surface area contributed by atoms with E-state index in [0.717, 1.165) is 21.9 Å². The van der Waals surface area contributed by atoms with Gasteiger partial charge in [-0.15, -0.1) is 0 Å². The largest absolute Gasteiger partial charge is 0.360 e. The van der Waals surface area contributed by atoms with Crippen LogP contribution in [0.15, 0.2) is 18.2 Å². The number of halogens is 1. The molecule has 0 spiro atoms. The Morgan fingerprint density at radius 3 is 2.84 bits per heavy atom. The smallest absolute Gasteiger partial charge is 0.183 e. The molecule has 1 N–H and O–H groups in total. The average molecular weight is 279 g/mol. The number of anilines is 1. The van der Waals surface area contributed by atoms with Crippen LogP contribution < -0.4 is 5.32 Å². The number of rotatable bonds is 4. The van der Waals surface area contributed by atoms with Gasteiger partial charge in [0.15, 0.2) is 5.13 Å². The molecule has 0 amide bonds. The topological polar surface area (TPSA) is 28.2 Å². The molecule has 0 radical (unpaired) electrons. The van der Waals surface area contributed by atoms with Gasteiger partial charge < -0.3 is 10.2 Å². The van der Waals surface area contributed by atoms with Gasteiger partial charge in [0, 0.05) is 18.2 Å². The van der Waals surface area contributed by atoms with Gasteiger partial charge in [-0.1, -0.05) is 11.3 Å². The van der Waals surface area contributed by atoms with Crippen LogP contribution in [0.5, 0.6) is 0 Å². The number of nitrogens with one attached hydrogen (secondary N) is 1. The second-order valence-corrected chi connectivity index (χ2v) is 6.49. The Morgan fingerprint density at radius 2 is 2.21 bits per heavy atom. The number of likely N-dealkylation sites (N-methyl/N-ethyl adjacent to an activating group) is 1. The van der Waals surface area contributed by atoms with Crippen molar-refractivity contribution >= 4 is 26.7 Å². The lowest BCUT2D eigenvalue weighted by Gasteiger charge is -2.47. The van der Waals surface area contributed by atoms with Gasteiger partial charge in [-0.3, -0.25) is 0 Å². The van der Waals surface area contributed by atoms with Gasteiger partial charge in [-0.2, -0.15) is 0 Å². The molecule has 19 heavy (non-hydrogen) atoms. The molecule has 1 aromatic heterocycles. The SMILES string of the molecule is CN(C)C1(CNc2nc3cc(F)ccc3s2)CCC1. The van der Waals surface area contributed by atoms with Crippen molar-refractivity contribution in [2.75, 3.05) is 26.0 Å². The van der Waals surface area contributed by atoms with Crippen LogP contribution in [0.3, 0.4) is 0 Å². The summed E-state index contributed by atoms with van der Waals surface area (Å²) in [6.07, 6.45) is 3.75. The van der Waals surface area contributed by atoms with Crippen LogP contribution in [0, 0.1) is 5.82 Å². The summed E-state index contributed by atoms with van der Waals surface area (Å²) in [6.45, 7) is 0.905. The minimum Gasteiger partial charge on any atom is -0.360 e. The standard InChI is InChI=1S/C14H18FN3S/c1-18(2)14(6-3-7-14)9-16-13-17-11-8-10(15)4-5-12(11)19-13/h4-5,8H,3,6-7,9H2,1-2H3,(H,16,17). The van der Waals surface area contributed by atoms with Crippen molar-refractivity contribution in [1.82, 2.24) is 9.88 Å². The lowest BCUT2D eigenvalue weighted by Crippen LogP contribution is -2.54. The number of nitrogens with zero attached hydrogens (tertiary/aromatic N) is 2. The predicted molar refractivity (Wildman–Crippen MR) is 78.3 cm³/mol. The van der Waals surface area contributed by atoms with Gasteiger partial charge >= 0.3 is 0 Å². The Kier molecular flexibility index (Phi) is 3.19. The normalized spacial score (nSPS) is 17.7. The van der Waals surface area contributed by atoms with Crippen molar-refractivity contribution in [2.45, 2.75) is 24.8 Å². The highest BCUT2D eigenvalue weighted by Crippen LogP contribution is 2.37. The Labute approximate surface area is 116 Å². The summed E-state index contributed by atoms with van der Waals surface area (Å²) in [4.78, 5) is 6.75. The Hall–Kier alpha value is -1.20. The summed E-state index contributed by atoms with van der Waals surface area (Å²) in [7, 11) is 4.27. The van der Waals surface area contributed by atoms with Crippen LogP contribution in [0.1, 0.15) is 19.3 Å². The lowest BCUT2D eigenvalue weighted by atomic mass is 9.75. The fourth-order valence-corrected chi connectivity index (χ4v) is 3.43. The van der Waals surface area contributed by atoms with Crippen molar-refractivity contribution in [3.8, 4) is 0 Å². The van der Waals surface area contributed by atoms with E-state index in [1.165, 1.54) is 31.4 Å². The molecule has 102 valence electrons. The molecule has 1 fully saturated rings. The summed E-state index contributed by atoms with van der Waals surface area (Å²) in [5.74, 6) is -0.229. The van der Waals surface area contributed by atoms with Gasteiger partial charge in [-0.05, 0) is 45.5 Å². The number of hydrogen-bond donors (Lipinski definition) is 1. The molecule has 0 bridgehead atoms. The fraction of sp³-hybridized carbons (Fsp3) is 0.500. The van der Waals surface area contributed by atoms with Gasteiger partial charge in [0.05, 0.1) is 10.2 Å². The first-order valence-electron chi connectivity index (χ1n) is 6.56. The van der Waals surface area contributed by atoms with Gasteiger partial charge in [0.25, 0.3) is 0 Å². The third-order valence-corrected chi connectivity index (χ3v) is 5.15. The molecule has 0 unspecified atom stereocenters. The molecule has 2 aromatic rings. The van der Waals surface area contributed by atoms with E-state index in [-0.39, 0.29) is 11.4 Å². The van der Waals surface area contributed by atoms with Crippen LogP contribution >= 0.6 is 11.3 Å². The number of benzene rings is 1. The van der Waals surface area contributed by atoms with E-state index in [4.69, 9.17) is 0 Å². The van der Waals surface area contributed by atoms with Crippen LogP contribution in [0.2, 0.25) is 0 Å². The molecule has 0 saturated heterocycles. The van der Waals surface area contributed by atoms with E-state index in [0.29, 0.717) is 0 Å². The minimum atomic E-state index is -0.229. The average Bonchev–Trinajstić information content (AvgIpc) is 2.68. The van der Waals surface area contributed by atoms with E-state index in [1.54, 1.807) is 17.4 Å². The molecule has 3 nitrogen and oxygen atoms in total. The van der Waals surface area contributed by atoms with Crippen molar-refractivity contribution in [2.24, 2.45) is 0 Å². The summed E-state index contributed by atoms with van der Waals surface area (Å²) in [5, 5.41) is 4.30. The molecular weight excluding hydrogens is 261 g/mol. The third-order valence-electron chi connectivity index (χ3n) is 4.15. The third kappa shape index (κ3) is 2.32. The van der Waals surface area contributed by atoms with Crippen LogP contribution in [0.25, 0.3) is 10.2 Å². The lowest BCUT2D eigenvalue weighted by molar-refractivity contribution is 0.0739. The van der Waals surface area contributed by atoms with Gasteiger partial charge in [-0.25, -0.2) is 9.37 Å². The Bertz CT molecular complexity index is 589. The van der Waals surface area contributed by atoms with Crippen molar-refractivity contribution < 1.29 is 4.39 Å². The summed E-state index contributed by atoms with van der Waals surface area (Å²) in [6, 6.07) is 4.76. The maximum absolute atomic E-state index is 13.1. The zero-order valence-electron chi connectivity index (χ0n) is 11.2. The molecule has 1 aliphatic carbocycles. The monoisotopic (exact) mass is 279 g/mol.